The summed E-state index contributed by atoms with van der Waals surface area (Å²) in [6.45, 7) is 6.10. The fraction of sp³-hybridized carbons (Fsp3) is 0.320. The monoisotopic (exact) mass is 623 g/mol. The number of hydrogen-bond acceptors (Lipinski definition) is 7. The van der Waals surface area contributed by atoms with Crippen LogP contribution in [0.3, 0.4) is 0 Å². The van der Waals surface area contributed by atoms with E-state index in [2.05, 4.69) is 53.0 Å². The van der Waals surface area contributed by atoms with E-state index in [1.165, 1.54) is 12.1 Å². The van der Waals surface area contributed by atoms with E-state index < -0.39 is 5.91 Å². The van der Waals surface area contributed by atoms with Crippen molar-refractivity contribution in [3.05, 3.63) is 79.9 Å². The van der Waals surface area contributed by atoms with Crippen molar-refractivity contribution in [3.63, 3.8) is 0 Å². The highest BCUT2D eigenvalue weighted by Gasteiger charge is 2.19. The lowest BCUT2D eigenvalue weighted by Crippen LogP contribution is -2.48. The molecule has 0 saturated carbocycles. The zero-order valence-electron chi connectivity index (χ0n) is 19.7. The summed E-state index contributed by atoms with van der Waals surface area (Å²) in [7, 11) is 0. The summed E-state index contributed by atoms with van der Waals surface area (Å²) >= 11 is 8.52. The molecule has 1 amide bonds. The van der Waals surface area contributed by atoms with Crippen LogP contribution in [0.15, 0.2) is 48.5 Å². The molecule has 36 heavy (non-hydrogen) atoms. The van der Waals surface area contributed by atoms with E-state index in [0.717, 1.165) is 47.4 Å². The van der Waals surface area contributed by atoms with Crippen molar-refractivity contribution >= 4 is 51.7 Å². The van der Waals surface area contributed by atoms with Crippen LogP contribution in [0.1, 0.15) is 21.6 Å². The van der Waals surface area contributed by atoms with Gasteiger partial charge in [0.1, 0.15) is 5.82 Å². The highest BCUT2D eigenvalue weighted by molar-refractivity contribution is 14.1. The molecule has 2 heterocycles. The molecule has 1 aliphatic rings. The summed E-state index contributed by atoms with van der Waals surface area (Å²) in [6.07, 6.45) is 0. The molecule has 3 aromatic rings. The van der Waals surface area contributed by atoms with Crippen molar-refractivity contribution in [2.24, 2.45) is 0 Å². The van der Waals surface area contributed by atoms with Gasteiger partial charge < -0.3 is 16.4 Å². The Kier molecular flexibility index (Phi) is 9.30. The quantitative estimate of drug-likeness (QED) is 0.313. The van der Waals surface area contributed by atoms with Crippen molar-refractivity contribution < 1.29 is 9.18 Å². The van der Waals surface area contributed by atoms with E-state index in [4.69, 9.17) is 17.3 Å². The van der Waals surface area contributed by atoms with Crippen LogP contribution < -0.4 is 16.4 Å². The summed E-state index contributed by atoms with van der Waals surface area (Å²) in [5, 5.41) is 6.07. The normalized spacial score (nSPS) is 14.5. The first kappa shape index (κ1) is 26.5. The van der Waals surface area contributed by atoms with E-state index in [9.17, 15) is 9.18 Å². The van der Waals surface area contributed by atoms with Crippen molar-refractivity contribution in [1.82, 2.24) is 25.1 Å². The third-order valence-electron chi connectivity index (χ3n) is 5.97. The van der Waals surface area contributed by atoms with Gasteiger partial charge in [-0.05, 0) is 58.0 Å². The first-order valence-electron chi connectivity index (χ1n) is 11.7. The molecule has 0 unspecified atom stereocenters. The third kappa shape index (κ3) is 7.48. The molecule has 1 saturated heterocycles. The van der Waals surface area contributed by atoms with Crippen LogP contribution >= 0.6 is 34.2 Å². The van der Waals surface area contributed by atoms with Gasteiger partial charge in [-0.15, -0.1) is 0 Å². The lowest BCUT2D eigenvalue weighted by Gasteiger charge is -2.34. The minimum atomic E-state index is -0.402. The number of anilines is 2. The second-order valence-corrected chi connectivity index (χ2v) is 10.2. The Balaban J connectivity index is 1.21. The van der Waals surface area contributed by atoms with Gasteiger partial charge >= 0.3 is 0 Å². The largest absolute Gasteiger partial charge is 0.382 e. The number of benzene rings is 2. The molecule has 1 fully saturated rings. The van der Waals surface area contributed by atoms with Gasteiger partial charge in [-0.1, -0.05) is 35.9 Å². The Morgan fingerprint density at radius 2 is 1.64 bits per heavy atom. The van der Waals surface area contributed by atoms with Gasteiger partial charge in [-0.2, -0.15) is 0 Å². The molecule has 0 atom stereocenters. The van der Waals surface area contributed by atoms with E-state index in [0.29, 0.717) is 25.5 Å². The molecule has 11 heteroatoms. The van der Waals surface area contributed by atoms with Gasteiger partial charge in [-0.25, -0.2) is 14.4 Å². The molecular weight excluding hydrogens is 596 g/mol. The number of halogens is 3. The highest BCUT2D eigenvalue weighted by Crippen LogP contribution is 2.21. The summed E-state index contributed by atoms with van der Waals surface area (Å²) in [6, 6.07) is 14.7. The van der Waals surface area contributed by atoms with Crippen LogP contribution in [0.2, 0.25) is 5.15 Å². The highest BCUT2D eigenvalue weighted by atomic mass is 127. The van der Waals surface area contributed by atoms with Crippen LogP contribution in [0, 0.1) is 9.39 Å². The Hall–Kier alpha value is -2.54. The molecule has 0 spiro atoms. The predicted octanol–water partition coefficient (Wildman–Crippen LogP) is 3.62. The fourth-order valence-corrected chi connectivity index (χ4v) is 4.48. The van der Waals surface area contributed by atoms with Crippen molar-refractivity contribution in [2.45, 2.75) is 13.1 Å². The van der Waals surface area contributed by atoms with Crippen LogP contribution in [0.4, 0.5) is 16.0 Å². The van der Waals surface area contributed by atoms with Gasteiger partial charge in [0.2, 0.25) is 0 Å². The second kappa shape index (κ2) is 12.6. The predicted molar refractivity (Wildman–Crippen MR) is 148 cm³/mol. The maximum Gasteiger partial charge on any atom is 0.273 e. The van der Waals surface area contributed by atoms with Crippen LogP contribution in [-0.4, -0.2) is 64.9 Å². The maximum atomic E-state index is 13.1. The first-order chi connectivity index (χ1) is 17.4. The number of piperazine rings is 1. The van der Waals surface area contributed by atoms with E-state index in [1.807, 2.05) is 36.4 Å². The molecule has 190 valence electrons. The number of amides is 1. The van der Waals surface area contributed by atoms with E-state index in [-0.39, 0.29) is 22.5 Å². The molecule has 1 aromatic heterocycles. The standard InChI is InChI=1S/C25H28ClFIN7O/c26-22-24(31-15-17-3-7-20(28)8-4-17)33-23(29)21(32-22)25(36)30-9-10-34-11-13-35(14-12-34)16-18-1-5-19(27)6-2-18/h1-8H,9-16H2,(H,30,36)(H3,29,31,33). The fourth-order valence-electron chi connectivity index (χ4n) is 3.93. The van der Waals surface area contributed by atoms with Crippen LogP contribution in [0.5, 0.6) is 0 Å². The lowest BCUT2D eigenvalue weighted by atomic mass is 10.2. The second-order valence-electron chi connectivity index (χ2n) is 8.58. The number of hydrogen-bond donors (Lipinski definition) is 3. The van der Waals surface area contributed by atoms with Gasteiger partial charge in [0.15, 0.2) is 22.5 Å². The first-order valence-corrected chi connectivity index (χ1v) is 13.1. The Morgan fingerprint density at radius 1 is 1.00 bits per heavy atom. The molecule has 4 N–H and O–H groups in total. The topological polar surface area (TPSA) is 99.4 Å². The SMILES string of the molecule is Nc1nc(NCc2ccc(I)cc2)c(Cl)nc1C(=O)NCCN1CCN(Cc2ccc(F)cc2)CC1. The summed E-state index contributed by atoms with van der Waals surface area (Å²) in [5.74, 6) is -0.258. The number of rotatable bonds is 9. The Morgan fingerprint density at radius 3 is 2.33 bits per heavy atom. The van der Waals surface area contributed by atoms with Gasteiger partial charge in [0.25, 0.3) is 5.91 Å². The molecule has 8 nitrogen and oxygen atoms in total. The maximum absolute atomic E-state index is 13.1. The molecule has 2 aromatic carbocycles. The summed E-state index contributed by atoms with van der Waals surface area (Å²) in [4.78, 5) is 25.7. The number of carbonyl (C=O) groups excluding carboxylic acids is 1. The molecule has 4 rings (SSSR count). The molecule has 0 bridgehead atoms. The lowest BCUT2D eigenvalue weighted by molar-refractivity contribution is 0.0930. The average molecular weight is 624 g/mol. The number of carbonyl (C=O) groups is 1. The molecule has 0 radical (unpaired) electrons. The molecule has 1 aliphatic heterocycles. The van der Waals surface area contributed by atoms with E-state index >= 15 is 0 Å². The number of nitrogens with two attached hydrogens (primary N) is 1. The summed E-state index contributed by atoms with van der Waals surface area (Å²) < 4.78 is 14.2. The zero-order valence-corrected chi connectivity index (χ0v) is 22.6. The van der Waals surface area contributed by atoms with Crippen molar-refractivity contribution in [2.75, 3.05) is 50.3 Å². The van der Waals surface area contributed by atoms with Gasteiger partial charge in [-0.3, -0.25) is 14.6 Å². The number of nitrogens with one attached hydrogen (secondary N) is 2. The number of nitrogen functional groups attached to an aromatic ring is 1. The van der Waals surface area contributed by atoms with Crippen LogP contribution in [-0.2, 0) is 13.1 Å². The van der Waals surface area contributed by atoms with Gasteiger partial charge in [0.05, 0.1) is 0 Å². The van der Waals surface area contributed by atoms with Crippen molar-refractivity contribution in [3.8, 4) is 0 Å². The smallest absolute Gasteiger partial charge is 0.273 e. The van der Waals surface area contributed by atoms with Gasteiger partial charge in [0, 0.05) is 55.9 Å². The summed E-state index contributed by atoms with van der Waals surface area (Å²) in [5.41, 5.74) is 8.19. The minimum absolute atomic E-state index is 0.0175. The Bertz CT molecular complexity index is 1170. The number of aromatic nitrogens is 2. The molecule has 0 aliphatic carbocycles. The van der Waals surface area contributed by atoms with Crippen molar-refractivity contribution in [1.29, 1.82) is 0 Å². The molecular formula is C25H28ClFIN7O. The van der Waals surface area contributed by atoms with E-state index in [1.54, 1.807) is 0 Å². The van der Waals surface area contributed by atoms with Crippen LogP contribution in [0.25, 0.3) is 0 Å². The third-order valence-corrected chi connectivity index (χ3v) is 6.95. The Labute approximate surface area is 228 Å². The minimum Gasteiger partial charge on any atom is -0.382 e. The zero-order chi connectivity index (χ0) is 25.5. The average Bonchev–Trinajstić information content (AvgIpc) is 2.87. The number of nitrogens with zero attached hydrogens (tertiary/aromatic N) is 4.